The van der Waals surface area contributed by atoms with Gasteiger partial charge in [0.15, 0.2) is 0 Å². The smallest absolute Gasteiger partial charge is 0.273 e. The van der Waals surface area contributed by atoms with Crippen LogP contribution in [0.5, 0.6) is 0 Å². The third-order valence-electron chi connectivity index (χ3n) is 2.72. The molecule has 110 valence electrons. The molecule has 1 N–H and O–H groups in total. The third kappa shape index (κ3) is 3.37. The molecule has 7 nitrogen and oxygen atoms in total. The van der Waals surface area contributed by atoms with E-state index in [9.17, 15) is 18.5 Å². The van der Waals surface area contributed by atoms with Crippen molar-refractivity contribution in [2.45, 2.75) is 11.8 Å². The molecule has 0 radical (unpaired) electrons. The molecule has 0 bridgehead atoms. The molecule has 0 atom stereocenters. The highest BCUT2D eigenvalue weighted by Gasteiger charge is 2.22. The topological polar surface area (TPSA) is 102 Å². The van der Waals surface area contributed by atoms with Gasteiger partial charge in [0.05, 0.1) is 21.7 Å². The first kappa shape index (κ1) is 15.4. The summed E-state index contributed by atoms with van der Waals surface area (Å²) in [6, 6.07) is 7.02. The summed E-state index contributed by atoms with van der Waals surface area (Å²) in [5, 5.41) is 10.9. The summed E-state index contributed by atoms with van der Waals surface area (Å²) in [6.45, 7) is 1.40. The van der Waals surface area contributed by atoms with Crippen LogP contribution in [0.2, 0.25) is 0 Å². The van der Waals surface area contributed by atoms with E-state index in [1.165, 1.54) is 37.4 Å². The number of nitro benzene ring substituents is 1. The molecule has 1 heterocycles. The van der Waals surface area contributed by atoms with E-state index >= 15 is 0 Å². The molecule has 0 saturated carbocycles. The molecule has 9 heteroatoms. The zero-order valence-electron chi connectivity index (χ0n) is 10.8. The van der Waals surface area contributed by atoms with E-state index in [1.807, 2.05) is 0 Å². The van der Waals surface area contributed by atoms with E-state index in [0.717, 1.165) is 0 Å². The molecule has 2 aromatic rings. The summed E-state index contributed by atoms with van der Waals surface area (Å²) in [5.41, 5.74) is 0.107. The molecule has 21 heavy (non-hydrogen) atoms. The van der Waals surface area contributed by atoms with Crippen LogP contribution in [0.15, 0.2) is 46.0 Å². The van der Waals surface area contributed by atoms with Crippen LogP contribution in [-0.4, -0.2) is 18.3 Å². The number of hydrogen-bond acceptors (Lipinski definition) is 5. The van der Waals surface area contributed by atoms with Crippen LogP contribution in [0, 0.1) is 17.0 Å². The zero-order chi connectivity index (χ0) is 15.6. The van der Waals surface area contributed by atoms with Crippen molar-refractivity contribution in [3.05, 3.63) is 56.8 Å². The third-order valence-corrected chi connectivity index (χ3v) is 4.72. The molecule has 0 saturated heterocycles. The van der Waals surface area contributed by atoms with Crippen LogP contribution in [0.1, 0.15) is 5.56 Å². The van der Waals surface area contributed by atoms with Crippen molar-refractivity contribution in [1.29, 1.82) is 0 Å². The van der Waals surface area contributed by atoms with Crippen molar-refractivity contribution in [3.63, 3.8) is 0 Å². The summed E-state index contributed by atoms with van der Waals surface area (Å²) < 4.78 is 27.5. The summed E-state index contributed by atoms with van der Waals surface area (Å²) in [5.74, 6) is 0. The number of rotatable bonds is 4. The molecular weight excluding hydrogens is 362 g/mol. The lowest BCUT2D eigenvalue weighted by molar-refractivity contribution is -0.385. The van der Waals surface area contributed by atoms with Gasteiger partial charge in [0.25, 0.3) is 15.7 Å². The number of pyridine rings is 1. The van der Waals surface area contributed by atoms with E-state index in [4.69, 9.17) is 0 Å². The van der Waals surface area contributed by atoms with Crippen molar-refractivity contribution >= 4 is 37.3 Å². The van der Waals surface area contributed by atoms with Crippen molar-refractivity contribution in [1.82, 2.24) is 4.98 Å². The largest absolute Gasteiger partial charge is 0.278 e. The average Bonchev–Trinajstić information content (AvgIpc) is 2.41. The maximum atomic E-state index is 12.3. The Labute approximate surface area is 129 Å². The summed E-state index contributed by atoms with van der Waals surface area (Å²) in [7, 11) is -3.92. The Kier molecular flexibility index (Phi) is 4.24. The molecule has 2 rings (SSSR count). The van der Waals surface area contributed by atoms with Crippen LogP contribution < -0.4 is 4.72 Å². The van der Waals surface area contributed by atoms with E-state index in [1.54, 1.807) is 6.07 Å². The number of hydrogen-bond donors (Lipinski definition) is 1. The minimum Gasteiger partial charge on any atom is -0.278 e. The van der Waals surface area contributed by atoms with Gasteiger partial charge < -0.3 is 0 Å². The Morgan fingerprint density at radius 2 is 2.00 bits per heavy atom. The van der Waals surface area contributed by atoms with E-state index in [0.29, 0.717) is 4.60 Å². The van der Waals surface area contributed by atoms with Gasteiger partial charge >= 0.3 is 0 Å². The SMILES string of the molecule is Cc1c([N+](=O)[O-])cccc1S(=O)(=O)Nc1ccc(Br)nc1. The highest BCUT2D eigenvalue weighted by molar-refractivity contribution is 9.10. The monoisotopic (exact) mass is 371 g/mol. The quantitative estimate of drug-likeness (QED) is 0.505. The first-order chi connectivity index (χ1) is 9.81. The summed E-state index contributed by atoms with van der Waals surface area (Å²) in [6.07, 6.45) is 1.34. The lowest BCUT2D eigenvalue weighted by atomic mass is 10.2. The maximum absolute atomic E-state index is 12.3. The van der Waals surface area contributed by atoms with Gasteiger partial charge in [-0.05, 0) is 41.1 Å². The van der Waals surface area contributed by atoms with Gasteiger partial charge in [-0.15, -0.1) is 0 Å². The summed E-state index contributed by atoms with van der Waals surface area (Å²) in [4.78, 5) is 14.0. The van der Waals surface area contributed by atoms with Crippen LogP contribution in [0.3, 0.4) is 0 Å². The van der Waals surface area contributed by atoms with Gasteiger partial charge in [-0.25, -0.2) is 13.4 Å². The molecule has 0 spiro atoms. The van der Waals surface area contributed by atoms with E-state index in [-0.39, 0.29) is 21.8 Å². The maximum Gasteiger partial charge on any atom is 0.273 e. The number of nitrogens with zero attached hydrogens (tertiary/aromatic N) is 2. The predicted octanol–water partition coefficient (Wildman–Crippen LogP) is 2.86. The molecule has 1 aromatic heterocycles. The first-order valence-corrected chi connectivity index (χ1v) is 7.97. The number of aromatic nitrogens is 1. The van der Waals surface area contributed by atoms with Gasteiger partial charge in [0, 0.05) is 11.6 Å². The van der Waals surface area contributed by atoms with Gasteiger partial charge in [-0.1, -0.05) is 6.07 Å². The van der Waals surface area contributed by atoms with Crippen molar-refractivity contribution in [2.75, 3.05) is 4.72 Å². The minimum atomic E-state index is -3.92. The number of benzene rings is 1. The normalized spacial score (nSPS) is 11.1. The molecule has 0 aliphatic carbocycles. The number of anilines is 1. The second-order valence-electron chi connectivity index (χ2n) is 4.13. The van der Waals surface area contributed by atoms with Crippen molar-refractivity contribution in [3.8, 4) is 0 Å². The average molecular weight is 372 g/mol. The Morgan fingerprint density at radius 1 is 1.29 bits per heavy atom. The number of halogens is 1. The van der Waals surface area contributed by atoms with Gasteiger partial charge in [-0.3, -0.25) is 14.8 Å². The fourth-order valence-corrected chi connectivity index (χ4v) is 3.28. The van der Waals surface area contributed by atoms with Gasteiger partial charge in [-0.2, -0.15) is 0 Å². The number of nitrogens with one attached hydrogen (secondary N) is 1. The molecular formula is C12H10BrN3O4S. The molecule has 0 amide bonds. The highest BCUT2D eigenvalue weighted by atomic mass is 79.9. The van der Waals surface area contributed by atoms with Crippen LogP contribution in [0.25, 0.3) is 0 Å². The Hall–Kier alpha value is -2.00. The fraction of sp³-hybridized carbons (Fsp3) is 0.0833. The highest BCUT2D eigenvalue weighted by Crippen LogP contribution is 2.26. The van der Waals surface area contributed by atoms with Crippen molar-refractivity contribution < 1.29 is 13.3 Å². The molecule has 0 aliphatic rings. The van der Waals surface area contributed by atoms with E-state index < -0.39 is 14.9 Å². The van der Waals surface area contributed by atoms with E-state index in [2.05, 4.69) is 25.6 Å². The van der Waals surface area contributed by atoms with Crippen LogP contribution in [0.4, 0.5) is 11.4 Å². The number of sulfonamides is 1. The Bertz CT molecular complexity index is 791. The molecule has 0 fully saturated rings. The molecule has 0 aliphatic heterocycles. The van der Waals surface area contributed by atoms with Crippen LogP contribution in [-0.2, 0) is 10.0 Å². The number of nitro groups is 1. The zero-order valence-corrected chi connectivity index (χ0v) is 13.2. The minimum absolute atomic E-state index is 0.0834. The fourth-order valence-electron chi connectivity index (χ4n) is 1.74. The standard InChI is InChI=1S/C12H10BrN3O4S/c1-8-10(16(17)18)3-2-4-11(8)21(19,20)15-9-5-6-12(13)14-7-9/h2-7,15H,1H3. The second-order valence-corrected chi connectivity index (χ2v) is 6.60. The van der Waals surface area contributed by atoms with Gasteiger partial charge in [0.1, 0.15) is 4.60 Å². The molecule has 0 unspecified atom stereocenters. The van der Waals surface area contributed by atoms with Gasteiger partial charge in [0.2, 0.25) is 0 Å². The van der Waals surface area contributed by atoms with Crippen LogP contribution >= 0.6 is 15.9 Å². The predicted molar refractivity (Wildman–Crippen MR) is 80.6 cm³/mol. The lowest BCUT2D eigenvalue weighted by Crippen LogP contribution is -2.15. The Balaban J connectivity index is 2.42. The second kappa shape index (κ2) is 5.78. The first-order valence-electron chi connectivity index (χ1n) is 5.69. The summed E-state index contributed by atoms with van der Waals surface area (Å²) >= 11 is 3.14. The van der Waals surface area contributed by atoms with Crippen molar-refractivity contribution in [2.24, 2.45) is 0 Å². The molecule has 1 aromatic carbocycles. The lowest BCUT2D eigenvalue weighted by Gasteiger charge is -2.10. The Morgan fingerprint density at radius 3 is 2.57 bits per heavy atom.